The van der Waals surface area contributed by atoms with Crippen LogP contribution in [0.5, 0.6) is 0 Å². The van der Waals surface area contributed by atoms with Gasteiger partial charge < -0.3 is 20.1 Å². The first-order valence-corrected chi connectivity index (χ1v) is 7.10. The van der Waals surface area contributed by atoms with Gasteiger partial charge in [0.2, 0.25) is 0 Å². The van der Waals surface area contributed by atoms with E-state index in [1.165, 1.54) is 23.3 Å². The monoisotopic (exact) mass is 299 g/mol. The third-order valence-electron chi connectivity index (χ3n) is 3.20. The van der Waals surface area contributed by atoms with Gasteiger partial charge in [-0.2, -0.15) is 0 Å². The number of likely N-dealkylation sites (tertiary alicyclic amines) is 1. The van der Waals surface area contributed by atoms with Crippen LogP contribution in [-0.2, 0) is 16.1 Å². The van der Waals surface area contributed by atoms with Crippen LogP contribution in [0.1, 0.15) is 17.1 Å². The van der Waals surface area contributed by atoms with Gasteiger partial charge in [-0.15, -0.1) is 11.3 Å². The molecule has 2 N–H and O–H groups in total. The van der Waals surface area contributed by atoms with E-state index in [1.54, 1.807) is 0 Å². The first kappa shape index (κ1) is 14.7. The predicted octanol–water partition coefficient (Wildman–Crippen LogP) is 0.835. The maximum atomic E-state index is 12.1. The summed E-state index contributed by atoms with van der Waals surface area (Å²) in [6.45, 7) is 2.47. The van der Waals surface area contributed by atoms with Crippen molar-refractivity contribution in [2.75, 3.05) is 13.7 Å². The zero-order valence-corrected chi connectivity index (χ0v) is 12.1. The Morgan fingerprint density at radius 3 is 2.95 bits per heavy atom. The second kappa shape index (κ2) is 6.19. The number of carboxylic acids is 1. The normalized spacial score (nSPS) is 22.0. The number of carbonyl (C=O) groups excluding carboxylic acids is 1. The van der Waals surface area contributed by atoms with E-state index in [9.17, 15) is 9.59 Å². The zero-order chi connectivity index (χ0) is 14.7. The Bertz CT molecular complexity index is 505. The van der Waals surface area contributed by atoms with Crippen LogP contribution in [0.2, 0.25) is 0 Å². The van der Waals surface area contributed by atoms with E-state index in [1.807, 2.05) is 12.3 Å². The molecule has 0 aliphatic carbocycles. The summed E-state index contributed by atoms with van der Waals surface area (Å²) >= 11 is 1.46. The SMILES string of the molecule is COC1CC(C(=O)O)N(C(=O)NCc2nc(C)cs2)C1. The van der Waals surface area contributed by atoms with Gasteiger partial charge in [-0.05, 0) is 6.92 Å². The van der Waals surface area contributed by atoms with E-state index in [0.717, 1.165) is 10.7 Å². The lowest BCUT2D eigenvalue weighted by Gasteiger charge is -2.21. The second-order valence-corrected chi connectivity index (χ2v) is 5.58. The molecular weight excluding hydrogens is 282 g/mol. The minimum atomic E-state index is -1.01. The van der Waals surface area contributed by atoms with E-state index in [-0.39, 0.29) is 12.6 Å². The number of nitrogens with one attached hydrogen (secondary N) is 1. The van der Waals surface area contributed by atoms with Gasteiger partial charge in [-0.25, -0.2) is 14.6 Å². The first-order chi connectivity index (χ1) is 9.51. The van der Waals surface area contributed by atoms with E-state index in [4.69, 9.17) is 9.84 Å². The summed E-state index contributed by atoms with van der Waals surface area (Å²) in [6, 6.07) is -1.23. The maximum absolute atomic E-state index is 12.1. The van der Waals surface area contributed by atoms with Gasteiger partial charge in [-0.1, -0.05) is 0 Å². The highest BCUT2D eigenvalue weighted by Gasteiger charge is 2.39. The van der Waals surface area contributed by atoms with Crippen molar-refractivity contribution in [3.05, 3.63) is 16.1 Å². The van der Waals surface area contributed by atoms with Crippen molar-refractivity contribution in [3.8, 4) is 0 Å². The largest absolute Gasteiger partial charge is 0.480 e. The molecule has 1 aliphatic heterocycles. The van der Waals surface area contributed by atoms with Crippen LogP contribution < -0.4 is 5.32 Å². The number of thiazole rings is 1. The Balaban J connectivity index is 1.95. The highest BCUT2D eigenvalue weighted by Crippen LogP contribution is 2.20. The Morgan fingerprint density at radius 2 is 2.40 bits per heavy atom. The molecule has 110 valence electrons. The molecule has 20 heavy (non-hydrogen) atoms. The molecule has 2 atom stereocenters. The van der Waals surface area contributed by atoms with Gasteiger partial charge in [0.1, 0.15) is 11.0 Å². The molecule has 2 unspecified atom stereocenters. The molecule has 1 saturated heterocycles. The molecule has 0 saturated carbocycles. The number of aryl methyl sites for hydroxylation is 1. The fraction of sp³-hybridized carbons (Fsp3) is 0.583. The molecule has 1 aliphatic rings. The van der Waals surface area contributed by atoms with Gasteiger partial charge in [0.05, 0.1) is 12.6 Å². The van der Waals surface area contributed by atoms with Crippen LogP contribution in [-0.4, -0.2) is 52.8 Å². The maximum Gasteiger partial charge on any atom is 0.326 e. The number of hydrogen-bond acceptors (Lipinski definition) is 5. The average molecular weight is 299 g/mol. The van der Waals surface area contributed by atoms with Crippen molar-refractivity contribution in [3.63, 3.8) is 0 Å². The molecule has 2 amide bonds. The molecule has 2 heterocycles. The van der Waals surface area contributed by atoms with Crippen molar-refractivity contribution in [1.29, 1.82) is 0 Å². The first-order valence-electron chi connectivity index (χ1n) is 6.22. The molecule has 1 aromatic rings. The smallest absolute Gasteiger partial charge is 0.326 e. The van der Waals surface area contributed by atoms with Gasteiger partial charge in [0.25, 0.3) is 0 Å². The molecule has 2 rings (SSSR count). The lowest BCUT2D eigenvalue weighted by Crippen LogP contribution is -2.46. The van der Waals surface area contributed by atoms with Crippen molar-refractivity contribution in [2.45, 2.75) is 32.0 Å². The van der Waals surface area contributed by atoms with Gasteiger partial charge in [0, 0.05) is 31.1 Å². The number of ether oxygens (including phenoxy) is 1. The number of carbonyl (C=O) groups is 2. The molecule has 0 radical (unpaired) electrons. The number of hydrogen-bond donors (Lipinski definition) is 2. The van der Waals surface area contributed by atoms with Gasteiger partial charge in [-0.3, -0.25) is 0 Å². The zero-order valence-electron chi connectivity index (χ0n) is 11.3. The third-order valence-corrected chi connectivity index (χ3v) is 4.17. The standard InChI is InChI=1S/C12H17N3O4S/c1-7-6-20-10(14-7)4-13-12(18)15-5-8(19-2)3-9(15)11(16)17/h6,8-9H,3-5H2,1-2H3,(H,13,18)(H,16,17). The van der Waals surface area contributed by atoms with Crippen molar-refractivity contribution >= 4 is 23.3 Å². The lowest BCUT2D eigenvalue weighted by molar-refractivity contribution is -0.141. The minimum Gasteiger partial charge on any atom is -0.480 e. The Morgan fingerprint density at radius 1 is 1.65 bits per heavy atom. The fourth-order valence-corrected chi connectivity index (χ4v) is 2.87. The topological polar surface area (TPSA) is 91.8 Å². The van der Waals surface area contributed by atoms with Gasteiger partial charge >= 0.3 is 12.0 Å². The number of rotatable bonds is 4. The summed E-state index contributed by atoms with van der Waals surface area (Å²) in [6.07, 6.45) is 0.0826. The molecule has 7 nitrogen and oxygen atoms in total. The Kier molecular flexibility index (Phi) is 4.56. The molecule has 1 fully saturated rings. The van der Waals surface area contributed by atoms with E-state index in [0.29, 0.717) is 13.0 Å². The number of methoxy groups -OCH3 is 1. The molecule has 0 aromatic carbocycles. The van der Waals surface area contributed by atoms with Crippen LogP contribution in [0.4, 0.5) is 4.79 Å². The van der Waals surface area contributed by atoms with Crippen molar-refractivity contribution in [1.82, 2.24) is 15.2 Å². The minimum absolute atomic E-state index is 0.232. The quantitative estimate of drug-likeness (QED) is 0.859. The van der Waals surface area contributed by atoms with Crippen LogP contribution in [0.3, 0.4) is 0 Å². The Labute approximate surface area is 120 Å². The van der Waals surface area contributed by atoms with Crippen LogP contribution >= 0.6 is 11.3 Å². The van der Waals surface area contributed by atoms with Gasteiger partial charge in [0.15, 0.2) is 0 Å². The van der Waals surface area contributed by atoms with Crippen LogP contribution in [0.25, 0.3) is 0 Å². The number of aromatic nitrogens is 1. The fourth-order valence-electron chi connectivity index (χ4n) is 2.16. The van der Waals surface area contributed by atoms with Crippen molar-refractivity contribution < 1.29 is 19.4 Å². The third kappa shape index (κ3) is 3.26. The molecular formula is C12H17N3O4S. The number of aliphatic carboxylic acids is 1. The van der Waals surface area contributed by atoms with Crippen molar-refractivity contribution in [2.24, 2.45) is 0 Å². The molecule has 0 spiro atoms. The van der Waals surface area contributed by atoms with E-state index in [2.05, 4.69) is 10.3 Å². The predicted molar refractivity (Wildman–Crippen MR) is 72.6 cm³/mol. The summed E-state index contributed by atoms with van der Waals surface area (Å²) in [7, 11) is 1.52. The van der Waals surface area contributed by atoms with Crippen LogP contribution in [0, 0.1) is 6.92 Å². The summed E-state index contributed by atoms with van der Waals surface area (Å²) in [4.78, 5) is 28.8. The summed E-state index contributed by atoms with van der Waals surface area (Å²) in [5.74, 6) is -1.01. The Hall–Kier alpha value is -1.67. The summed E-state index contributed by atoms with van der Waals surface area (Å²) in [5, 5.41) is 14.5. The van der Waals surface area contributed by atoms with E-state index < -0.39 is 18.0 Å². The average Bonchev–Trinajstić information content (AvgIpc) is 3.02. The lowest BCUT2D eigenvalue weighted by atomic mass is 10.2. The number of amides is 2. The second-order valence-electron chi connectivity index (χ2n) is 4.64. The van der Waals surface area contributed by atoms with E-state index >= 15 is 0 Å². The molecule has 0 bridgehead atoms. The number of nitrogens with zero attached hydrogens (tertiary/aromatic N) is 2. The highest BCUT2D eigenvalue weighted by molar-refractivity contribution is 7.09. The summed E-state index contributed by atoms with van der Waals surface area (Å²) < 4.78 is 5.14. The molecule has 1 aromatic heterocycles. The van der Waals surface area contributed by atoms with Crippen LogP contribution in [0.15, 0.2) is 5.38 Å². The summed E-state index contributed by atoms with van der Waals surface area (Å²) in [5.41, 5.74) is 0.906. The number of urea groups is 1. The highest BCUT2D eigenvalue weighted by atomic mass is 32.1. The number of carboxylic acid groups (broad SMARTS) is 1. The molecule has 8 heteroatoms.